The number of rotatable bonds is 7. The first-order valence-corrected chi connectivity index (χ1v) is 12.2. The number of hydrogen-bond acceptors (Lipinski definition) is 4. The van der Waals surface area contributed by atoms with Crippen LogP contribution in [0, 0.1) is 5.82 Å². The lowest BCUT2D eigenvalue weighted by Crippen LogP contribution is -2.46. The standard InChI is InChI=1S/C21H30FNO3Si/c1-21(2,3)27(4,5)26-19(11-14-24)20(25)17-10-9-16(15-18(17)22)23-12-7-6-8-13-23/h6-10,12,15,19,24H,11,13-14H2,1-5H3. The number of allylic oxidation sites excluding steroid dienone is 2. The Morgan fingerprint density at radius 2 is 2.04 bits per heavy atom. The maximum absolute atomic E-state index is 14.7. The van der Waals surface area contributed by atoms with Crippen LogP contribution >= 0.6 is 0 Å². The van der Waals surface area contributed by atoms with E-state index >= 15 is 0 Å². The van der Waals surface area contributed by atoms with Gasteiger partial charge in [-0.25, -0.2) is 4.39 Å². The zero-order chi connectivity index (χ0) is 20.2. The normalized spacial score (nSPS) is 15.9. The number of Topliss-reactive ketones (excluding diaryl/α,β-unsaturated/α-hetero) is 1. The van der Waals surface area contributed by atoms with Gasteiger partial charge < -0.3 is 14.4 Å². The molecule has 6 heteroatoms. The van der Waals surface area contributed by atoms with Crippen molar-refractivity contribution in [3.05, 3.63) is 54.0 Å². The summed E-state index contributed by atoms with van der Waals surface area (Å²) in [4.78, 5) is 14.9. The highest BCUT2D eigenvalue weighted by molar-refractivity contribution is 6.74. The summed E-state index contributed by atoms with van der Waals surface area (Å²) < 4.78 is 20.9. The van der Waals surface area contributed by atoms with Gasteiger partial charge in [0.2, 0.25) is 0 Å². The predicted molar refractivity (Wildman–Crippen MR) is 110 cm³/mol. The molecular weight excluding hydrogens is 361 g/mol. The van der Waals surface area contributed by atoms with Crippen LogP contribution in [0.15, 0.2) is 42.6 Å². The Bertz CT molecular complexity index is 737. The van der Waals surface area contributed by atoms with E-state index in [1.807, 2.05) is 42.4 Å². The first kappa shape index (κ1) is 21.5. The molecule has 1 aromatic carbocycles. The second kappa shape index (κ2) is 8.50. The fraction of sp³-hybridized carbons (Fsp3) is 0.476. The Hall–Kier alpha value is -1.76. The van der Waals surface area contributed by atoms with E-state index in [2.05, 4.69) is 20.8 Å². The summed E-state index contributed by atoms with van der Waals surface area (Å²) in [7, 11) is -2.24. The number of halogens is 1. The van der Waals surface area contributed by atoms with Crippen molar-refractivity contribution in [3.63, 3.8) is 0 Å². The van der Waals surface area contributed by atoms with Crippen LogP contribution in [0.25, 0.3) is 0 Å². The Morgan fingerprint density at radius 1 is 1.33 bits per heavy atom. The topological polar surface area (TPSA) is 49.8 Å². The van der Waals surface area contributed by atoms with Crippen LogP contribution in [0.5, 0.6) is 0 Å². The number of anilines is 1. The molecule has 4 nitrogen and oxygen atoms in total. The number of hydrogen-bond donors (Lipinski definition) is 1. The van der Waals surface area contributed by atoms with Gasteiger partial charge in [-0.15, -0.1) is 0 Å². The minimum absolute atomic E-state index is 0.00689. The lowest BCUT2D eigenvalue weighted by molar-refractivity contribution is 0.0706. The molecule has 0 aromatic heterocycles. The lowest BCUT2D eigenvalue weighted by atomic mass is 10.0. The van der Waals surface area contributed by atoms with Crippen molar-refractivity contribution < 1.29 is 18.7 Å². The van der Waals surface area contributed by atoms with Crippen molar-refractivity contribution in [2.75, 3.05) is 18.1 Å². The number of ketones is 1. The highest BCUT2D eigenvalue weighted by Gasteiger charge is 2.41. The quantitative estimate of drug-likeness (QED) is 0.542. The van der Waals surface area contributed by atoms with E-state index in [-0.39, 0.29) is 23.6 Å². The van der Waals surface area contributed by atoms with Crippen LogP contribution in [0.3, 0.4) is 0 Å². The van der Waals surface area contributed by atoms with Crippen molar-refractivity contribution in [2.45, 2.75) is 51.4 Å². The molecule has 0 saturated carbocycles. The van der Waals surface area contributed by atoms with Gasteiger partial charge in [-0.05, 0) is 42.4 Å². The number of aliphatic hydroxyl groups excluding tert-OH is 1. The minimum Gasteiger partial charge on any atom is -0.406 e. The highest BCUT2D eigenvalue weighted by Crippen LogP contribution is 2.38. The van der Waals surface area contributed by atoms with Gasteiger partial charge in [0.05, 0.1) is 5.56 Å². The highest BCUT2D eigenvalue weighted by atomic mass is 28.4. The number of aliphatic hydroxyl groups is 1. The number of carbonyl (C=O) groups is 1. The SMILES string of the molecule is CC(C)(C)[Si](C)(C)OC(CCO)C(=O)c1ccc(N2C=CC=CC2)cc1F. The summed E-state index contributed by atoms with van der Waals surface area (Å²) in [6, 6.07) is 4.62. The van der Waals surface area contributed by atoms with Crippen LogP contribution in [-0.2, 0) is 4.43 Å². The van der Waals surface area contributed by atoms with E-state index in [0.717, 1.165) is 0 Å². The second-order valence-electron chi connectivity index (χ2n) is 8.33. The Kier molecular flexibility index (Phi) is 6.78. The van der Waals surface area contributed by atoms with Crippen molar-refractivity contribution in [1.29, 1.82) is 0 Å². The Labute approximate surface area is 162 Å². The molecule has 0 radical (unpaired) electrons. The van der Waals surface area contributed by atoms with E-state index in [1.165, 1.54) is 12.1 Å². The van der Waals surface area contributed by atoms with Crippen molar-refractivity contribution >= 4 is 19.8 Å². The molecule has 1 atom stereocenters. The van der Waals surface area contributed by atoms with E-state index in [0.29, 0.717) is 12.2 Å². The van der Waals surface area contributed by atoms with Crippen molar-refractivity contribution in [2.24, 2.45) is 0 Å². The summed E-state index contributed by atoms with van der Waals surface area (Å²) in [6.45, 7) is 10.8. The summed E-state index contributed by atoms with van der Waals surface area (Å²) in [5.74, 6) is -0.978. The molecule has 27 heavy (non-hydrogen) atoms. The lowest BCUT2D eigenvalue weighted by Gasteiger charge is -2.38. The molecule has 1 aliphatic rings. The molecule has 0 amide bonds. The van der Waals surface area contributed by atoms with Gasteiger partial charge in [0.15, 0.2) is 14.1 Å². The zero-order valence-electron chi connectivity index (χ0n) is 16.8. The van der Waals surface area contributed by atoms with Crippen LogP contribution in [0.1, 0.15) is 37.6 Å². The Balaban J connectivity index is 2.25. The third-order valence-corrected chi connectivity index (χ3v) is 9.78. The molecule has 1 unspecified atom stereocenters. The van der Waals surface area contributed by atoms with Crippen LogP contribution < -0.4 is 4.90 Å². The minimum atomic E-state index is -2.24. The zero-order valence-corrected chi connectivity index (χ0v) is 17.8. The first-order valence-electron chi connectivity index (χ1n) is 9.29. The Morgan fingerprint density at radius 3 is 2.56 bits per heavy atom. The molecule has 0 spiro atoms. The molecule has 1 aliphatic heterocycles. The number of nitrogens with zero attached hydrogens (tertiary/aromatic N) is 1. The van der Waals surface area contributed by atoms with E-state index in [9.17, 15) is 14.3 Å². The molecule has 2 rings (SSSR count). The summed E-state index contributed by atoms with van der Waals surface area (Å²) in [5, 5.41) is 9.30. The number of benzene rings is 1. The fourth-order valence-electron chi connectivity index (χ4n) is 2.61. The van der Waals surface area contributed by atoms with E-state index in [4.69, 9.17) is 4.43 Å². The van der Waals surface area contributed by atoms with Gasteiger partial charge in [0.25, 0.3) is 0 Å². The molecule has 0 bridgehead atoms. The molecule has 0 fully saturated rings. The van der Waals surface area contributed by atoms with E-state index < -0.39 is 26.0 Å². The van der Waals surface area contributed by atoms with E-state index in [1.54, 1.807) is 6.07 Å². The van der Waals surface area contributed by atoms with Crippen LogP contribution in [0.4, 0.5) is 10.1 Å². The van der Waals surface area contributed by atoms with Gasteiger partial charge in [-0.1, -0.05) is 32.9 Å². The monoisotopic (exact) mass is 391 g/mol. The average Bonchev–Trinajstić information content (AvgIpc) is 2.60. The van der Waals surface area contributed by atoms with Gasteiger partial charge in [-0.2, -0.15) is 0 Å². The smallest absolute Gasteiger partial charge is 0.193 e. The summed E-state index contributed by atoms with van der Waals surface area (Å²) in [6.07, 6.45) is 6.97. The first-order chi connectivity index (χ1) is 12.6. The largest absolute Gasteiger partial charge is 0.406 e. The van der Waals surface area contributed by atoms with Crippen LogP contribution in [-0.4, -0.2) is 38.5 Å². The van der Waals surface area contributed by atoms with Gasteiger partial charge in [0.1, 0.15) is 11.9 Å². The summed E-state index contributed by atoms with van der Waals surface area (Å²) in [5.41, 5.74) is 0.695. The van der Waals surface area contributed by atoms with Gasteiger partial charge >= 0.3 is 0 Å². The third-order valence-electron chi connectivity index (χ3n) is 5.29. The third kappa shape index (κ3) is 5.15. The number of carbonyl (C=O) groups excluding carboxylic acids is 1. The average molecular weight is 392 g/mol. The molecular formula is C21H30FNO3Si. The molecule has 1 N–H and O–H groups in total. The van der Waals surface area contributed by atoms with Gasteiger partial charge in [0, 0.05) is 31.5 Å². The molecule has 1 aromatic rings. The summed E-state index contributed by atoms with van der Waals surface area (Å²) >= 11 is 0. The molecule has 0 saturated heterocycles. The maximum atomic E-state index is 14.7. The molecule has 0 aliphatic carbocycles. The maximum Gasteiger partial charge on any atom is 0.193 e. The van der Waals surface area contributed by atoms with Gasteiger partial charge in [-0.3, -0.25) is 4.79 Å². The van der Waals surface area contributed by atoms with Crippen molar-refractivity contribution in [1.82, 2.24) is 0 Å². The molecule has 1 heterocycles. The fourth-order valence-corrected chi connectivity index (χ4v) is 3.90. The molecule has 148 valence electrons. The second-order valence-corrected chi connectivity index (χ2v) is 13.1. The van der Waals surface area contributed by atoms with Crippen LogP contribution in [0.2, 0.25) is 18.1 Å². The van der Waals surface area contributed by atoms with Crippen molar-refractivity contribution in [3.8, 4) is 0 Å². The predicted octanol–water partition coefficient (Wildman–Crippen LogP) is 4.67.